The lowest BCUT2D eigenvalue weighted by Gasteiger charge is -1.94. The molecule has 0 aliphatic rings. The molecule has 19 heteroatoms. The van der Waals surface area contributed by atoms with E-state index in [1.807, 2.05) is 0 Å². The van der Waals surface area contributed by atoms with Crippen molar-refractivity contribution in [2.45, 2.75) is 0 Å². The fourth-order valence-electron chi connectivity index (χ4n) is 1.78. The number of hydrogen-bond donors (Lipinski definition) is 0. The van der Waals surface area contributed by atoms with Crippen LogP contribution in [0.3, 0.4) is 0 Å². The van der Waals surface area contributed by atoms with Crippen LogP contribution in [0.5, 0.6) is 0 Å². The topological polar surface area (TPSA) is 197 Å². The van der Waals surface area contributed by atoms with Crippen molar-refractivity contribution in [3.63, 3.8) is 0 Å². The minimum atomic E-state index is -3.39. The van der Waals surface area contributed by atoms with E-state index in [1.54, 1.807) is 0 Å². The van der Waals surface area contributed by atoms with Crippen LogP contribution in [0, 0.1) is 0 Å². The highest BCUT2D eigenvalue weighted by atomic mass is 31.3. The first-order valence-electron chi connectivity index (χ1n) is 8.35. The van der Waals surface area contributed by atoms with Crippen LogP contribution in [-0.2, 0) is 40.2 Å². The van der Waals surface area contributed by atoms with Gasteiger partial charge in [0.05, 0.1) is 18.8 Å². The highest BCUT2D eigenvalue weighted by molar-refractivity contribution is 7.62. The Morgan fingerprint density at radius 1 is 0.588 bits per heavy atom. The smallest absolute Gasteiger partial charge is 0.457 e. The van der Waals surface area contributed by atoms with Gasteiger partial charge in [-0.15, -0.1) is 0 Å². The summed E-state index contributed by atoms with van der Waals surface area (Å²) in [5, 5.41) is 0. The first-order valence-corrected chi connectivity index (χ1v) is 12.7. The van der Waals surface area contributed by atoms with Crippen molar-refractivity contribution in [1.29, 1.82) is 0 Å². The zero-order chi connectivity index (χ0) is 24.5. The lowest BCUT2D eigenvalue weighted by Crippen LogP contribution is -2.00. The van der Waals surface area contributed by atoms with Crippen molar-refractivity contribution in [2.75, 3.05) is 0 Å². The van der Waals surface area contributed by atoms with Crippen molar-refractivity contribution < 1.29 is 67.8 Å². The minimum absolute atomic E-state index is 0.338. The lowest BCUT2D eigenvalue weighted by molar-refractivity contribution is 0.0695. The van der Waals surface area contributed by atoms with Gasteiger partial charge in [0.25, 0.3) is 0 Å². The van der Waals surface area contributed by atoms with Crippen LogP contribution in [0.1, 0.15) is 31.7 Å². The van der Waals surface area contributed by atoms with Gasteiger partial charge in [0, 0.05) is 13.7 Å². The molecular weight excluding hydrogens is 544 g/mol. The van der Waals surface area contributed by atoms with E-state index in [-0.39, 0.29) is 17.3 Å². The van der Waals surface area contributed by atoms with Gasteiger partial charge in [0.15, 0.2) is 0 Å². The summed E-state index contributed by atoms with van der Waals surface area (Å²) in [7, 11) is -13.4. The molecule has 0 saturated heterocycles. The molecule has 0 N–H and O–H groups in total. The third-order valence-corrected chi connectivity index (χ3v) is 7.18. The maximum absolute atomic E-state index is 12.0. The largest absolute Gasteiger partial charge is 0.762 e. The van der Waals surface area contributed by atoms with Crippen molar-refractivity contribution in [1.82, 2.24) is 0 Å². The molecule has 0 spiro atoms. The Morgan fingerprint density at radius 3 is 1.12 bits per heavy atom. The Bertz CT molecular complexity index is 1020. The predicted octanol–water partition coefficient (Wildman–Crippen LogP) is 5.59. The normalized spacial score (nSPS) is 12.9. The predicted molar refractivity (Wildman–Crippen MR) is 105 cm³/mol. The van der Waals surface area contributed by atoms with Crippen LogP contribution in [0.4, 0.5) is 0 Å². The molecule has 0 saturated carbocycles. The molecule has 0 aromatic carbocycles. The molecule has 3 unspecified atom stereocenters. The quantitative estimate of drug-likeness (QED) is 0.252. The maximum atomic E-state index is 12.0. The molecule has 0 bridgehead atoms. The zero-order valence-corrected chi connectivity index (χ0v) is 19.7. The van der Waals surface area contributed by atoms with E-state index in [9.17, 15) is 28.1 Å². The van der Waals surface area contributed by atoms with E-state index in [4.69, 9.17) is 13.3 Å². The van der Waals surface area contributed by atoms with Crippen molar-refractivity contribution in [3.8, 4) is 0 Å². The van der Waals surface area contributed by atoms with E-state index < -0.39 is 51.3 Å². The van der Waals surface area contributed by atoms with Crippen molar-refractivity contribution in [2.24, 2.45) is 0 Å². The highest BCUT2D eigenvalue weighted by Crippen LogP contribution is 2.60. The first kappa shape index (κ1) is 25.5. The molecule has 34 heavy (non-hydrogen) atoms. The third-order valence-electron chi connectivity index (χ3n) is 3.04. The van der Waals surface area contributed by atoms with Gasteiger partial charge in [0.2, 0.25) is 17.3 Å². The summed E-state index contributed by atoms with van der Waals surface area (Å²) >= 11 is 0. The zero-order valence-electron chi connectivity index (χ0n) is 16.1. The summed E-state index contributed by atoms with van der Waals surface area (Å²) in [6.45, 7) is 0. The lowest BCUT2D eigenvalue weighted by atomic mass is 10.5. The Morgan fingerprint density at radius 2 is 0.882 bits per heavy atom. The standard InChI is InChI=1S/C15H9O15P4/c16-13(10-4-1-7-22-10)25-31(19)28-34(29-32(20)26-14(17)11-5-2-8-23-11)30-33(21)27-15(18)12-6-3-9-24-12/h1-9H/q+3. The van der Waals surface area contributed by atoms with Crippen LogP contribution < -0.4 is 0 Å². The van der Waals surface area contributed by atoms with Gasteiger partial charge in [-0.2, -0.15) is 13.6 Å². The fourth-order valence-corrected chi connectivity index (χ4v) is 5.33. The van der Waals surface area contributed by atoms with Crippen LogP contribution in [0.15, 0.2) is 68.4 Å². The van der Waals surface area contributed by atoms with E-state index in [2.05, 4.69) is 26.5 Å². The van der Waals surface area contributed by atoms with E-state index in [0.29, 0.717) is 0 Å². The van der Waals surface area contributed by atoms with Gasteiger partial charge in [0.1, 0.15) is 0 Å². The number of hydrogen-bond acceptors (Lipinski definition) is 15. The number of rotatable bonds is 12. The molecule has 3 aromatic rings. The second-order valence-electron chi connectivity index (χ2n) is 5.21. The van der Waals surface area contributed by atoms with Gasteiger partial charge in [-0.3, -0.25) is 0 Å². The Labute approximate surface area is 192 Å². The maximum Gasteiger partial charge on any atom is 0.762 e. The summed E-state index contributed by atoms with van der Waals surface area (Å²) in [5.74, 6) is -4.67. The van der Waals surface area contributed by atoms with Crippen LogP contribution in [0.2, 0.25) is 0 Å². The Hall–Kier alpha value is -3.14. The summed E-state index contributed by atoms with van der Waals surface area (Å²) in [4.78, 5) is 35.3. The second kappa shape index (κ2) is 12.4. The second-order valence-corrected chi connectivity index (χ2v) is 9.50. The molecule has 3 aromatic heterocycles. The van der Waals surface area contributed by atoms with Gasteiger partial charge in [-0.25, -0.2) is 14.4 Å². The molecule has 3 heterocycles. The first-order chi connectivity index (χ1) is 16.3. The van der Waals surface area contributed by atoms with Crippen molar-refractivity contribution in [3.05, 3.63) is 72.5 Å². The van der Waals surface area contributed by atoms with Gasteiger partial charge >= 0.3 is 51.3 Å². The van der Waals surface area contributed by atoms with Crippen LogP contribution >= 0.6 is 33.4 Å². The van der Waals surface area contributed by atoms with Crippen LogP contribution in [0.25, 0.3) is 0 Å². The molecular formula is C15H9O15P4+3. The van der Waals surface area contributed by atoms with E-state index >= 15 is 0 Å². The molecule has 3 atom stereocenters. The average Bonchev–Trinajstić information content (AvgIpc) is 3.57. The third kappa shape index (κ3) is 7.72. The fraction of sp³-hybridized carbons (Fsp3) is 0. The average molecular weight is 553 g/mol. The monoisotopic (exact) mass is 553 g/mol. The van der Waals surface area contributed by atoms with E-state index in [1.165, 1.54) is 36.4 Å². The van der Waals surface area contributed by atoms with Crippen molar-refractivity contribution >= 4 is 51.3 Å². The molecule has 0 aliphatic carbocycles. The van der Waals surface area contributed by atoms with E-state index in [0.717, 1.165) is 18.8 Å². The molecule has 15 nitrogen and oxygen atoms in total. The van der Waals surface area contributed by atoms with Gasteiger partial charge in [-0.05, 0) is 49.3 Å². The molecule has 3 rings (SSSR count). The number of carbonyl (C=O) groups excluding carboxylic acids is 3. The number of carbonyl (C=O) groups is 3. The molecule has 0 aliphatic heterocycles. The molecule has 176 valence electrons. The SMILES string of the molecule is O=C(O[P+](=O)OP(O[P+](=O)OC(=O)c1ccco1)O[P+](=O)OC(=O)c1ccco1)c1ccco1. The Balaban J connectivity index is 1.61. The molecule has 0 amide bonds. The minimum Gasteiger partial charge on any atom is -0.457 e. The highest BCUT2D eigenvalue weighted by Gasteiger charge is 2.50. The Kier molecular flexibility index (Phi) is 9.26. The number of furan rings is 3. The van der Waals surface area contributed by atoms with Gasteiger partial charge in [-0.1, -0.05) is 0 Å². The summed E-state index contributed by atoms with van der Waals surface area (Å²) in [6.07, 6.45) is 3.42. The summed E-state index contributed by atoms with van der Waals surface area (Å²) in [6, 6.07) is 7.62. The molecule has 0 fully saturated rings. The summed E-state index contributed by atoms with van der Waals surface area (Å²) in [5.41, 5.74) is 0. The van der Waals surface area contributed by atoms with Gasteiger partial charge < -0.3 is 13.3 Å². The van der Waals surface area contributed by atoms with Crippen LogP contribution in [-0.4, -0.2) is 17.9 Å². The summed E-state index contributed by atoms with van der Waals surface area (Å²) < 4.78 is 77.5. The molecule has 0 radical (unpaired) electrons.